The molecule has 27 heavy (non-hydrogen) atoms. The zero-order valence-corrected chi connectivity index (χ0v) is 15.2. The van der Waals surface area contributed by atoms with Gasteiger partial charge in [0.05, 0.1) is 11.5 Å². The third-order valence-corrected chi connectivity index (χ3v) is 5.32. The van der Waals surface area contributed by atoms with E-state index in [4.69, 9.17) is 0 Å². The summed E-state index contributed by atoms with van der Waals surface area (Å²) < 4.78 is 2.20. The number of amides is 1. The number of likely N-dealkylation sites (tertiary alicyclic amines) is 1. The Balaban J connectivity index is 1.46. The highest BCUT2D eigenvalue weighted by Gasteiger charge is 2.29. The van der Waals surface area contributed by atoms with Crippen molar-refractivity contribution in [2.45, 2.75) is 38.8 Å². The molecule has 9 heteroatoms. The van der Waals surface area contributed by atoms with Gasteiger partial charge in [-0.2, -0.15) is 0 Å². The first-order valence-electron chi connectivity index (χ1n) is 9.21. The van der Waals surface area contributed by atoms with Gasteiger partial charge in [0.25, 0.3) is 11.6 Å². The molecule has 142 valence electrons. The van der Waals surface area contributed by atoms with Gasteiger partial charge in [-0.15, -0.1) is 10.2 Å². The number of carbonyl (C=O) groups is 1. The summed E-state index contributed by atoms with van der Waals surface area (Å²) in [5, 5.41) is 23.0. The van der Waals surface area contributed by atoms with Crippen LogP contribution in [0.25, 0.3) is 0 Å². The lowest BCUT2D eigenvalue weighted by Gasteiger charge is -2.32. The molecule has 1 aromatic heterocycles. The van der Waals surface area contributed by atoms with Gasteiger partial charge in [-0.25, -0.2) is 0 Å². The number of nitro benzene ring substituents is 1. The minimum Gasteiger partial charge on any atom is -0.339 e. The monoisotopic (exact) mass is 370 g/mol. The SMILES string of the molecule is Cc1cc(C(=O)N2CCC(c3nnc4n3CCNC4)CC2)cc([N+](=O)[O-])c1. The van der Waals surface area contributed by atoms with Crippen molar-refractivity contribution in [1.29, 1.82) is 0 Å². The van der Waals surface area contributed by atoms with E-state index in [9.17, 15) is 14.9 Å². The van der Waals surface area contributed by atoms with Crippen molar-refractivity contribution in [3.63, 3.8) is 0 Å². The Kier molecular flexibility index (Phi) is 4.61. The quantitative estimate of drug-likeness (QED) is 0.650. The van der Waals surface area contributed by atoms with Gasteiger partial charge >= 0.3 is 0 Å². The minimum atomic E-state index is -0.459. The number of aryl methyl sites for hydroxylation is 1. The molecule has 1 aromatic carbocycles. The number of nitro groups is 1. The summed E-state index contributed by atoms with van der Waals surface area (Å²) in [5.74, 6) is 2.14. The van der Waals surface area contributed by atoms with Gasteiger partial charge in [0.1, 0.15) is 11.6 Å². The van der Waals surface area contributed by atoms with Gasteiger partial charge in [0.2, 0.25) is 0 Å². The Hall–Kier alpha value is -2.81. The topological polar surface area (TPSA) is 106 Å². The Morgan fingerprint density at radius 1 is 1.22 bits per heavy atom. The number of carbonyl (C=O) groups excluding carboxylic acids is 1. The van der Waals surface area contributed by atoms with Gasteiger partial charge in [-0.1, -0.05) is 0 Å². The van der Waals surface area contributed by atoms with E-state index in [1.165, 1.54) is 12.1 Å². The Morgan fingerprint density at radius 2 is 2.00 bits per heavy atom. The maximum atomic E-state index is 12.8. The van der Waals surface area contributed by atoms with Crippen LogP contribution in [0.15, 0.2) is 18.2 Å². The van der Waals surface area contributed by atoms with Crippen molar-refractivity contribution < 1.29 is 9.72 Å². The van der Waals surface area contributed by atoms with Crippen LogP contribution < -0.4 is 5.32 Å². The normalized spacial score (nSPS) is 17.6. The Bertz CT molecular complexity index is 885. The fourth-order valence-electron chi connectivity index (χ4n) is 3.93. The van der Waals surface area contributed by atoms with Crippen LogP contribution in [0.3, 0.4) is 0 Å². The number of aromatic nitrogens is 3. The number of hydrogen-bond donors (Lipinski definition) is 1. The van der Waals surface area contributed by atoms with Gasteiger partial charge < -0.3 is 14.8 Å². The summed E-state index contributed by atoms with van der Waals surface area (Å²) in [6.07, 6.45) is 1.65. The van der Waals surface area contributed by atoms with Crippen LogP contribution >= 0.6 is 0 Å². The molecule has 4 rings (SSSR count). The molecule has 9 nitrogen and oxygen atoms in total. The molecule has 0 unspecified atom stereocenters. The van der Waals surface area contributed by atoms with Crippen LogP contribution in [0.2, 0.25) is 0 Å². The van der Waals surface area contributed by atoms with Crippen molar-refractivity contribution in [2.24, 2.45) is 0 Å². The summed E-state index contributed by atoms with van der Waals surface area (Å²) in [4.78, 5) is 25.2. The summed E-state index contributed by atoms with van der Waals surface area (Å²) in [7, 11) is 0. The molecule has 0 aliphatic carbocycles. The van der Waals surface area contributed by atoms with Crippen molar-refractivity contribution >= 4 is 11.6 Å². The summed E-state index contributed by atoms with van der Waals surface area (Å²) in [5.41, 5.74) is 1.05. The largest absolute Gasteiger partial charge is 0.339 e. The lowest BCUT2D eigenvalue weighted by Crippen LogP contribution is -2.39. The standard InChI is InChI=1S/C18H22N6O3/c1-12-8-14(10-15(9-12)24(26)27)18(25)22-5-2-13(3-6-22)17-21-20-16-11-19-4-7-23(16)17/h8-10,13,19H,2-7,11H2,1H3. The van der Waals surface area contributed by atoms with Crippen molar-refractivity contribution in [1.82, 2.24) is 25.0 Å². The lowest BCUT2D eigenvalue weighted by atomic mass is 9.95. The zero-order valence-electron chi connectivity index (χ0n) is 15.2. The molecule has 0 bridgehead atoms. The molecule has 1 amide bonds. The van der Waals surface area contributed by atoms with Crippen molar-refractivity contribution in [2.75, 3.05) is 19.6 Å². The number of benzene rings is 1. The van der Waals surface area contributed by atoms with E-state index in [0.29, 0.717) is 30.1 Å². The van der Waals surface area contributed by atoms with Crippen LogP contribution in [-0.2, 0) is 13.1 Å². The van der Waals surface area contributed by atoms with Crippen LogP contribution in [-0.4, -0.2) is 50.1 Å². The lowest BCUT2D eigenvalue weighted by molar-refractivity contribution is -0.384. The minimum absolute atomic E-state index is 0.0445. The number of rotatable bonds is 3. The summed E-state index contributed by atoms with van der Waals surface area (Å²) in [6, 6.07) is 4.55. The molecule has 1 fully saturated rings. The van der Waals surface area contributed by atoms with E-state index < -0.39 is 4.92 Å². The Morgan fingerprint density at radius 3 is 2.74 bits per heavy atom. The number of non-ortho nitro benzene ring substituents is 1. The molecule has 0 radical (unpaired) electrons. The third-order valence-electron chi connectivity index (χ3n) is 5.32. The van der Waals surface area contributed by atoms with Gasteiger partial charge in [-0.05, 0) is 31.4 Å². The molecule has 0 spiro atoms. The summed E-state index contributed by atoms with van der Waals surface area (Å²) >= 11 is 0. The first-order valence-corrected chi connectivity index (χ1v) is 9.21. The summed E-state index contributed by atoms with van der Waals surface area (Å²) in [6.45, 7) is 5.54. The number of nitrogens with zero attached hydrogens (tertiary/aromatic N) is 5. The maximum Gasteiger partial charge on any atom is 0.270 e. The third kappa shape index (κ3) is 3.42. The smallest absolute Gasteiger partial charge is 0.270 e. The van der Waals surface area contributed by atoms with E-state index in [1.54, 1.807) is 17.9 Å². The van der Waals surface area contributed by atoms with E-state index in [0.717, 1.165) is 44.1 Å². The van der Waals surface area contributed by atoms with Crippen LogP contribution in [0.4, 0.5) is 5.69 Å². The number of piperidine rings is 1. The Labute approximate surface area is 156 Å². The molecular formula is C18H22N6O3. The second-order valence-electron chi connectivity index (χ2n) is 7.18. The first kappa shape index (κ1) is 17.6. The van der Waals surface area contributed by atoms with Crippen molar-refractivity contribution in [3.05, 3.63) is 51.1 Å². The number of nitrogens with one attached hydrogen (secondary N) is 1. The van der Waals surface area contributed by atoms with E-state index >= 15 is 0 Å². The van der Waals surface area contributed by atoms with Gasteiger partial charge in [-0.3, -0.25) is 14.9 Å². The second-order valence-corrected chi connectivity index (χ2v) is 7.18. The highest BCUT2D eigenvalue weighted by molar-refractivity contribution is 5.95. The molecule has 0 atom stereocenters. The molecule has 2 aromatic rings. The number of fused-ring (bicyclic) bond motifs is 1. The second kappa shape index (κ2) is 7.07. The molecule has 0 saturated carbocycles. The first-order chi connectivity index (χ1) is 13.0. The molecule has 3 heterocycles. The van der Waals surface area contributed by atoms with Crippen LogP contribution in [0.1, 0.15) is 46.3 Å². The van der Waals surface area contributed by atoms with Crippen molar-refractivity contribution in [3.8, 4) is 0 Å². The molecule has 1 N–H and O–H groups in total. The van der Waals surface area contributed by atoms with Gasteiger partial charge in [0, 0.05) is 49.8 Å². The predicted molar refractivity (Wildman–Crippen MR) is 97.4 cm³/mol. The average molecular weight is 370 g/mol. The highest BCUT2D eigenvalue weighted by Crippen LogP contribution is 2.29. The van der Waals surface area contributed by atoms with Crippen LogP contribution in [0, 0.1) is 17.0 Å². The molecule has 1 saturated heterocycles. The molecule has 2 aliphatic rings. The predicted octanol–water partition coefficient (Wildman–Crippen LogP) is 1.62. The number of hydrogen-bond acceptors (Lipinski definition) is 6. The van der Waals surface area contributed by atoms with E-state index in [2.05, 4.69) is 20.1 Å². The average Bonchev–Trinajstić information content (AvgIpc) is 3.11. The van der Waals surface area contributed by atoms with Gasteiger partial charge in [0.15, 0.2) is 0 Å². The fourth-order valence-corrected chi connectivity index (χ4v) is 3.93. The maximum absolute atomic E-state index is 12.8. The van der Waals surface area contributed by atoms with Crippen LogP contribution in [0.5, 0.6) is 0 Å². The van der Waals surface area contributed by atoms with E-state index in [1.807, 2.05) is 0 Å². The zero-order chi connectivity index (χ0) is 19.0. The van der Waals surface area contributed by atoms with E-state index in [-0.39, 0.29) is 11.6 Å². The fraction of sp³-hybridized carbons (Fsp3) is 0.500. The highest BCUT2D eigenvalue weighted by atomic mass is 16.6. The molecule has 2 aliphatic heterocycles. The molecular weight excluding hydrogens is 348 g/mol.